The highest BCUT2D eigenvalue weighted by Crippen LogP contribution is 2.31. The van der Waals surface area contributed by atoms with E-state index in [2.05, 4.69) is 17.9 Å². The van der Waals surface area contributed by atoms with Crippen LogP contribution in [0.4, 0.5) is 10.1 Å². The Labute approximate surface area is 102 Å². The quantitative estimate of drug-likeness (QED) is 0.808. The van der Waals surface area contributed by atoms with Gasteiger partial charge in [-0.1, -0.05) is 23.2 Å². The first kappa shape index (κ1) is 12.6. The fraction of sp³-hybridized carbons (Fsp3) is 0.222. The standard InChI is InChI=1S/C9H8Cl2FNOS/c10-6-3-5(12)4-7(11)9(6)13-8(14)1-2-15/h3-4,15H,1-2H2,(H,13,14). The van der Waals surface area contributed by atoms with Crippen LogP contribution in [0.5, 0.6) is 0 Å². The summed E-state index contributed by atoms with van der Waals surface area (Å²) in [4.78, 5) is 11.2. The topological polar surface area (TPSA) is 29.1 Å². The molecule has 0 bridgehead atoms. The monoisotopic (exact) mass is 267 g/mol. The number of hydrogen-bond acceptors (Lipinski definition) is 2. The maximum absolute atomic E-state index is 12.8. The summed E-state index contributed by atoms with van der Waals surface area (Å²) in [5.74, 6) is -0.389. The Morgan fingerprint density at radius 1 is 1.40 bits per heavy atom. The summed E-state index contributed by atoms with van der Waals surface area (Å²) >= 11 is 15.3. The van der Waals surface area contributed by atoms with Crippen molar-refractivity contribution >= 4 is 47.4 Å². The summed E-state index contributed by atoms with van der Waals surface area (Å²) in [6, 6.07) is 2.17. The van der Waals surface area contributed by atoms with Crippen molar-refractivity contribution in [2.24, 2.45) is 0 Å². The number of anilines is 1. The summed E-state index contributed by atoms with van der Waals surface area (Å²) in [7, 11) is 0. The van der Waals surface area contributed by atoms with Gasteiger partial charge in [0.05, 0.1) is 15.7 Å². The molecule has 0 aliphatic rings. The number of halogens is 3. The fourth-order valence-electron chi connectivity index (χ4n) is 0.965. The zero-order valence-electron chi connectivity index (χ0n) is 7.56. The molecule has 0 saturated heterocycles. The molecule has 2 nitrogen and oxygen atoms in total. The van der Waals surface area contributed by atoms with E-state index in [-0.39, 0.29) is 28.1 Å². The van der Waals surface area contributed by atoms with Crippen LogP contribution in [0.15, 0.2) is 12.1 Å². The fourth-order valence-corrected chi connectivity index (χ4v) is 1.72. The van der Waals surface area contributed by atoms with Gasteiger partial charge in [-0.05, 0) is 17.9 Å². The lowest BCUT2D eigenvalue weighted by Crippen LogP contribution is -2.12. The third-order valence-electron chi connectivity index (χ3n) is 1.61. The zero-order valence-corrected chi connectivity index (χ0v) is 9.96. The third kappa shape index (κ3) is 3.55. The molecule has 1 amide bonds. The van der Waals surface area contributed by atoms with Gasteiger partial charge in [-0.2, -0.15) is 12.6 Å². The largest absolute Gasteiger partial charge is 0.324 e. The smallest absolute Gasteiger partial charge is 0.225 e. The van der Waals surface area contributed by atoms with Crippen LogP contribution in [0.3, 0.4) is 0 Å². The van der Waals surface area contributed by atoms with Crippen molar-refractivity contribution < 1.29 is 9.18 Å². The Kier molecular flexibility index (Phi) is 4.70. The van der Waals surface area contributed by atoms with Crippen molar-refractivity contribution in [2.45, 2.75) is 6.42 Å². The Morgan fingerprint density at radius 3 is 2.40 bits per heavy atom. The highest BCUT2D eigenvalue weighted by Gasteiger charge is 2.10. The van der Waals surface area contributed by atoms with Gasteiger partial charge in [0.15, 0.2) is 0 Å². The van der Waals surface area contributed by atoms with E-state index in [0.29, 0.717) is 5.75 Å². The summed E-state index contributed by atoms with van der Waals surface area (Å²) in [5.41, 5.74) is 0.228. The molecule has 0 aromatic heterocycles. The molecule has 0 heterocycles. The number of rotatable bonds is 3. The average Bonchev–Trinajstić information content (AvgIpc) is 2.11. The van der Waals surface area contributed by atoms with Crippen molar-refractivity contribution in [2.75, 3.05) is 11.1 Å². The van der Waals surface area contributed by atoms with Crippen LogP contribution in [0.1, 0.15) is 6.42 Å². The number of benzene rings is 1. The van der Waals surface area contributed by atoms with Crippen molar-refractivity contribution in [3.63, 3.8) is 0 Å². The van der Waals surface area contributed by atoms with E-state index >= 15 is 0 Å². The van der Waals surface area contributed by atoms with Crippen LogP contribution in [0.25, 0.3) is 0 Å². The van der Waals surface area contributed by atoms with Crippen LogP contribution >= 0.6 is 35.8 Å². The van der Waals surface area contributed by atoms with Gasteiger partial charge in [-0.15, -0.1) is 0 Å². The highest BCUT2D eigenvalue weighted by atomic mass is 35.5. The minimum absolute atomic E-state index is 0.0764. The van der Waals surface area contributed by atoms with Crippen molar-refractivity contribution in [1.29, 1.82) is 0 Å². The average molecular weight is 268 g/mol. The zero-order chi connectivity index (χ0) is 11.4. The number of amides is 1. The number of hydrogen-bond donors (Lipinski definition) is 2. The number of carbonyl (C=O) groups is 1. The summed E-state index contributed by atoms with van der Waals surface area (Å²) < 4.78 is 12.8. The maximum atomic E-state index is 12.8. The molecule has 0 spiro atoms. The number of carbonyl (C=O) groups excluding carboxylic acids is 1. The van der Waals surface area contributed by atoms with Crippen molar-refractivity contribution in [3.05, 3.63) is 28.0 Å². The molecular weight excluding hydrogens is 260 g/mol. The predicted octanol–water partition coefficient (Wildman–Crippen LogP) is 3.39. The van der Waals surface area contributed by atoms with Gasteiger partial charge in [-0.3, -0.25) is 4.79 Å². The van der Waals surface area contributed by atoms with Crippen molar-refractivity contribution in [1.82, 2.24) is 0 Å². The normalized spacial score (nSPS) is 10.1. The molecule has 0 fully saturated rings. The lowest BCUT2D eigenvalue weighted by molar-refractivity contribution is -0.115. The van der Waals surface area contributed by atoms with E-state index in [1.165, 1.54) is 0 Å². The third-order valence-corrected chi connectivity index (χ3v) is 2.43. The first-order valence-corrected chi connectivity index (χ1v) is 5.48. The van der Waals surface area contributed by atoms with Gasteiger partial charge < -0.3 is 5.32 Å². The molecule has 15 heavy (non-hydrogen) atoms. The first-order chi connectivity index (χ1) is 7.04. The molecule has 1 aromatic carbocycles. The van der Waals surface area contributed by atoms with E-state index in [1.54, 1.807) is 0 Å². The van der Waals surface area contributed by atoms with E-state index in [0.717, 1.165) is 12.1 Å². The number of thiol groups is 1. The molecule has 0 aliphatic heterocycles. The molecule has 1 aromatic rings. The van der Waals surface area contributed by atoms with E-state index < -0.39 is 5.82 Å². The maximum Gasteiger partial charge on any atom is 0.225 e. The second kappa shape index (κ2) is 5.58. The molecule has 82 valence electrons. The Balaban J connectivity index is 2.90. The summed E-state index contributed by atoms with van der Waals surface area (Å²) in [5, 5.41) is 2.64. The Bertz CT molecular complexity index is 363. The molecule has 1 N–H and O–H groups in total. The Hall–Kier alpha value is -0.450. The van der Waals surface area contributed by atoms with Gasteiger partial charge in [-0.25, -0.2) is 4.39 Å². The van der Waals surface area contributed by atoms with E-state index in [9.17, 15) is 9.18 Å². The van der Waals surface area contributed by atoms with Crippen LogP contribution < -0.4 is 5.32 Å². The van der Waals surface area contributed by atoms with Gasteiger partial charge in [0, 0.05) is 6.42 Å². The second-order valence-electron chi connectivity index (χ2n) is 2.77. The lowest BCUT2D eigenvalue weighted by Gasteiger charge is -2.08. The minimum atomic E-state index is -0.544. The minimum Gasteiger partial charge on any atom is -0.324 e. The SMILES string of the molecule is O=C(CCS)Nc1c(Cl)cc(F)cc1Cl. The molecule has 0 radical (unpaired) electrons. The van der Waals surface area contributed by atoms with E-state index in [1.807, 2.05) is 0 Å². The van der Waals surface area contributed by atoms with Gasteiger partial charge in [0.2, 0.25) is 5.91 Å². The summed E-state index contributed by atoms with van der Waals surface area (Å²) in [6.07, 6.45) is 0.243. The van der Waals surface area contributed by atoms with Gasteiger partial charge in [0.1, 0.15) is 5.82 Å². The van der Waals surface area contributed by atoms with Gasteiger partial charge in [0.25, 0.3) is 0 Å². The lowest BCUT2D eigenvalue weighted by atomic mass is 10.3. The van der Waals surface area contributed by atoms with Gasteiger partial charge >= 0.3 is 0 Å². The van der Waals surface area contributed by atoms with Crippen molar-refractivity contribution in [3.8, 4) is 0 Å². The molecule has 0 unspecified atom stereocenters. The van der Waals surface area contributed by atoms with Crippen LogP contribution in [0.2, 0.25) is 10.0 Å². The molecule has 6 heteroatoms. The second-order valence-corrected chi connectivity index (χ2v) is 4.03. The molecule has 0 aliphatic carbocycles. The van der Waals surface area contributed by atoms with E-state index in [4.69, 9.17) is 23.2 Å². The molecule has 1 rings (SSSR count). The predicted molar refractivity (Wildman–Crippen MR) is 63.5 cm³/mol. The Morgan fingerprint density at radius 2 is 1.93 bits per heavy atom. The first-order valence-electron chi connectivity index (χ1n) is 4.10. The van der Waals surface area contributed by atoms with Crippen LogP contribution in [0, 0.1) is 5.82 Å². The van der Waals surface area contributed by atoms with Crippen LogP contribution in [-0.2, 0) is 4.79 Å². The molecule has 0 atom stereocenters. The molecular formula is C9H8Cl2FNOS. The molecule has 0 saturated carbocycles. The van der Waals surface area contributed by atoms with Crippen LogP contribution in [-0.4, -0.2) is 11.7 Å². The number of nitrogens with one attached hydrogen (secondary N) is 1. The highest BCUT2D eigenvalue weighted by molar-refractivity contribution is 7.80. The summed E-state index contributed by atoms with van der Waals surface area (Å²) in [6.45, 7) is 0.